The van der Waals surface area contributed by atoms with E-state index in [1.807, 2.05) is 7.11 Å². The van der Waals surface area contributed by atoms with Gasteiger partial charge in [-0.3, -0.25) is 19.7 Å². The van der Waals surface area contributed by atoms with Gasteiger partial charge in [0.2, 0.25) is 0 Å². The number of hydrogen-bond acceptors (Lipinski definition) is 7. The van der Waals surface area contributed by atoms with E-state index in [2.05, 4.69) is 26.1 Å². The lowest BCUT2D eigenvalue weighted by Crippen LogP contribution is -2.58. The third-order valence-electron chi connectivity index (χ3n) is 12.8. The van der Waals surface area contributed by atoms with Crippen LogP contribution >= 0.6 is 0 Å². The first-order valence-corrected chi connectivity index (χ1v) is 16.8. The average Bonchev–Trinajstić information content (AvgIpc) is 3.36. The summed E-state index contributed by atoms with van der Waals surface area (Å²) in [7, 11) is 1.82. The van der Waals surface area contributed by atoms with E-state index in [1.165, 1.54) is 37.5 Å². The maximum Gasteiger partial charge on any atom is 0.306 e. The Morgan fingerprint density at radius 1 is 1.11 bits per heavy atom. The van der Waals surface area contributed by atoms with Crippen molar-refractivity contribution in [1.82, 2.24) is 5.32 Å². The first-order valence-electron chi connectivity index (χ1n) is 16.8. The SMILES string of the molecule is CCNC(=O)c1ccc(COC(=O)CC[C@H](C)C2CCC3C4C(CC[C@@]32C)[C@@]2(C)CC[C@@H](OC)C[C@H]2C[C@H]4O)c([N+](=O)[O-])c1. The summed E-state index contributed by atoms with van der Waals surface area (Å²) in [6.07, 6.45) is 9.94. The number of aliphatic hydroxyl groups is 1. The number of nitro groups is 1. The molecule has 9 heteroatoms. The Kier molecular flexibility index (Phi) is 9.76. The van der Waals surface area contributed by atoms with Gasteiger partial charge in [0.25, 0.3) is 11.6 Å². The lowest BCUT2D eigenvalue weighted by atomic mass is 9.43. The highest BCUT2D eigenvalue weighted by atomic mass is 16.6. The smallest absolute Gasteiger partial charge is 0.306 e. The van der Waals surface area contributed by atoms with Crippen molar-refractivity contribution in [3.8, 4) is 0 Å². The van der Waals surface area contributed by atoms with Crippen LogP contribution in [-0.2, 0) is 20.9 Å². The van der Waals surface area contributed by atoms with E-state index in [0.29, 0.717) is 54.6 Å². The van der Waals surface area contributed by atoms with Crippen molar-refractivity contribution in [3.05, 3.63) is 39.4 Å². The van der Waals surface area contributed by atoms with Crippen molar-refractivity contribution in [2.75, 3.05) is 13.7 Å². The molecule has 4 aliphatic carbocycles. The molecule has 4 saturated carbocycles. The molecule has 4 fully saturated rings. The monoisotopic (exact) mass is 612 g/mol. The second-order valence-corrected chi connectivity index (χ2v) is 14.8. The summed E-state index contributed by atoms with van der Waals surface area (Å²) in [6.45, 7) is 9.21. The van der Waals surface area contributed by atoms with Crippen LogP contribution < -0.4 is 5.32 Å². The predicted molar refractivity (Wildman–Crippen MR) is 167 cm³/mol. The van der Waals surface area contributed by atoms with E-state index in [-0.39, 0.29) is 58.7 Å². The number of nitro benzene ring substituents is 1. The second kappa shape index (κ2) is 13.1. The Morgan fingerprint density at radius 2 is 1.84 bits per heavy atom. The van der Waals surface area contributed by atoms with Crippen LogP contribution in [0.5, 0.6) is 0 Å². The van der Waals surface area contributed by atoms with E-state index in [0.717, 1.165) is 32.1 Å². The zero-order chi connectivity index (χ0) is 31.8. The van der Waals surface area contributed by atoms with Gasteiger partial charge >= 0.3 is 5.97 Å². The second-order valence-electron chi connectivity index (χ2n) is 14.8. The summed E-state index contributed by atoms with van der Waals surface area (Å²) in [5, 5.41) is 25.9. The number of methoxy groups -OCH3 is 1. The molecule has 0 radical (unpaired) electrons. The normalized spacial score (nSPS) is 36.8. The molecule has 4 unspecified atom stereocenters. The summed E-state index contributed by atoms with van der Waals surface area (Å²) < 4.78 is 11.2. The number of amides is 1. The fourth-order valence-corrected chi connectivity index (χ4v) is 10.4. The number of ether oxygens (including phenoxy) is 2. The number of benzene rings is 1. The lowest BCUT2D eigenvalue weighted by molar-refractivity contribution is -0.385. The Balaban J connectivity index is 1.18. The molecule has 0 saturated heterocycles. The molecule has 9 nitrogen and oxygen atoms in total. The number of esters is 1. The summed E-state index contributed by atoms with van der Waals surface area (Å²) in [4.78, 5) is 36.0. The van der Waals surface area contributed by atoms with Crippen LogP contribution in [0, 0.1) is 56.5 Å². The van der Waals surface area contributed by atoms with Crippen LogP contribution in [0.25, 0.3) is 0 Å². The van der Waals surface area contributed by atoms with Gasteiger partial charge < -0.3 is 19.9 Å². The van der Waals surface area contributed by atoms with Crippen molar-refractivity contribution in [2.45, 2.75) is 111 Å². The van der Waals surface area contributed by atoms with E-state index < -0.39 is 4.92 Å². The maximum absolute atomic E-state index is 12.8. The molecule has 1 aromatic carbocycles. The van der Waals surface area contributed by atoms with Gasteiger partial charge in [0.15, 0.2) is 0 Å². The molecule has 1 aromatic rings. The number of nitrogens with zero attached hydrogens (tertiary/aromatic N) is 1. The van der Waals surface area contributed by atoms with Gasteiger partial charge in [-0.05, 0) is 123 Å². The van der Waals surface area contributed by atoms with Crippen LogP contribution in [0.4, 0.5) is 5.69 Å². The number of rotatable bonds is 10. The number of fused-ring (bicyclic) bond motifs is 5. The van der Waals surface area contributed by atoms with Crippen LogP contribution in [0.2, 0.25) is 0 Å². The van der Waals surface area contributed by atoms with Gasteiger partial charge in [-0.2, -0.15) is 0 Å². The van der Waals surface area contributed by atoms with E-state index in [4.69, 9.17) is 9.47 Å². The van der Waals surface area contributed by atoms with Crippen molar-refractivity contribution in [3.63, 3.8) is 0 Å². The number of aliphatic hydroxyl groups excluding tert-OH is 1. The zero-order valence-electron chi connectivity index (χ0n) is 27.2. The minimum absolute atomic E-state index is 0.158. The predicted octanol–water partition coefficient (Wildman–Crippen LogP) is 6.45. The average molecular weight is 613 g/mol. The molecule has 44 heavy (non-hydrogen) atoms. The van der Waals surface area contributed by atoms with Crippen LogP contribution in [0.3, 0.4) is 0 Å². The minimum atomic E-state index is -0.547. The maximum atomic E-state index is 12.8. The highest BCUT2D eigenvalue weighted by Gasteiger charge is 2.62. The summed E-state index contributed by atoms with van der Waals surface area (Å²) in [6, 6.07) is 4.24. The lowest BCUT2D eigenvalue weighted by Gasteiger charge is -2.62. The molecular formula is C35H52N2O7. The van der Waals surface area contributed by atoms with Crippen LogP contribution in [0.15, 0.2) is 18.2 Å². The first-order chi connectivity index (χ1) is 20.9. The molecular weight excluding hydrogens is 560 g/mol. The molecule has 4 aliphatic rings. The molecule has 5 rings (SSSR count). The number of nitrogens with one attached hydrogen (secondary N) is 1. The third-order valence-corrected chi connectivity index (χ3v) is 12.8. The van der Waals surface area contributed by atoms with Crippen LogP contribution in [-0.4, -0.2) is 47.8 Å². The molecule has 0 bridgehead atoms. The Hall–Kier alpha value is -2.52. The van der Waals surface area contributed by atoms with Crippen molar-refractivity contribution < 1.29 is 29.1 Å². The molecule has 10 atom stereocenters. The summed E-state index contributed by atoms with van der Waals surface area (Å²) in [5.74, 6) is 2.04. The molecule has 0 spiro atoms. The molecule has 0 aromatic heterocycles. The topological polar surface area (TPSA) is 128 Å². The fourth-order valence-electron chi connectivity index (χ4n) is 10.4. The minimum Gasteiger partial charge on any atom is -0.461 e. The molecule has 244 valence electrons. The van der Waals surface area contributed by atoms with Crippen molar-refractivity contribution >= 4 is 17.6 Å². The Bertz CT molecular complexity index is 1240. The molecule has 0 heterocycles. The van der Waals surface area contributed by atoms with Crippen LogP contribution in [0.1, 0.15) is 108 Å². The molecule has 2 N–H and O–H groups in total. The number of hydrogen-bond donors (Lipinski definition) is 2. The fraction of sp³-hybridized carbons (Fsp3) is 0.771. The highest BCUT2D eigenvalue weighted by molar-refractivity contribution is 5.94. The third kappa shape index (κ3) is 6.03. The zero-order valence-corrected chi connectivity index (χ0v) is 27.2. The van der Waals surface area contributed by atoms with E-state index >= 15 is 0 Å². The van der Waals surface area contributed by atoms with Crippen molar-refractivity contribution in [2.24, 2.45) is 46.3 Å². The standard InChI is InChI=1S/C35H52N2O7/c1-6-36-33(40)22-8-9-23(29(17-22)37(41)42)20-44-31(39)12-7-21(2)26-10-11-27-32-28(14-16-35(26,27)4)34(3)15-13-25(43-5)18-24(34)19-30(32)38/h8-9,17,21,24-28,30,32,38H,6-7,10-16,18-20H2,1-5H3,(H,36,40)/t21-,24-,25+,26?,27?,28?,30+,32?,34-,35+/m0/s1. The van der Waals surface area contributed by atoms with Gasteiger partial charge in [0.1, 0.15) is 6.61 Å². The molecule has 0 aliphatic heterocycles. The van der Waals surface area contributed by atoms with Gasteiger partial charge in [-0.25, -0.2) is 0 Å². The summed E-state index contributed by atoms with van der Waals surface area (Å²) in [5.41, 5.74) is 0.681. The van der Waals surface area contributed by atoms with E-state index in [9.17, 15) is 24.8 Å². The highest BCUT2D eigenvalue weighted by Crippen LogP contribution is 2.68. The Morgan fingerprint density at radius 3 is 2.55 bits per heavy atom. The van der Waals surface area contributed by atoms with Gasteiger partial charge in [-0.1, -0.05) is 20.8 Å². The molecule has 1 amide bonds. The van der Waals surface area contributed by atoms with Gasteiger partial charge in [0, 0.05) is 31.7 Å². The summed E-state index contributed by atoms with van der Waals surface area (Å²) >= 11 is 0. The van der Waals surface area contributed by atoms with Gasteiger partial charge in [-0.15, -0.1) is 0 Å². The van der Waals surface area contributed by atoms with Crippen molar-refractivity contribution in [1.29, 1.82) is 0 Å². The quantitative estimate of drug-likeness (QED) is 0.177. The van der Waals surface area contributed by atoms with Gasteiger partial charge in [0.05, 0.1) is 22.7 Å². The Labute approximate surface area is 262 Å². The van der Waals surface area contributed by atoms with E-state index in [1.54, 1.807) is 6.92 Å². The largest absolute Gasteiger partial charge is 0.461 e. The number of carbonyl (C=O) groups is 2. The number of carbonyl (C=O) groups excluding carboxylic acids is 2. The first kappa shape index (κ1) is 32.9.